The molecule has 0 unspecified atom stereocenters. The normalized spacial score (nSPS) is 10.3. The van der Waals surface area contributed by atoms with Crippen LogP contribution < -0.4 is 19.6 Å². The van der Waals surface area contributed by atoms with Crippen LogP contribution in [0.5, 0.6) is 11.5 Å². The standard InChI is InChI=1S/C23H24N2O3/c1-24(2)19-14-8-9-16-21(19)27-28-23-18(13-10-15-20(23)25(3)4)22(26)17-11-6-5-7-12-17/h5-16H,1-4H3. The van der Waals surface area contributed by atoms with Gasteiger partial charge >= 0.3 is 0 Å². The molecule has 3 aromatic rings. The van der Waals surface area contributed by atoms with Crippen molar-refractivity contribution in [1.29, 1.82) is 0 Å². The number of carbonyl (C=O) groups is 1. The van der Waals surface area contributed by atoms with Gasteiger partial charge in [0.05, 0.1) is 16.9 Å². The molecule has 0 saturated heterocycles. The van der Waals surface area contributed by atoms with Crippen molar-refractivity contribution in [3.63, 3.8) is 0 Å². The van der Waals surface area contributed by atoms with Gasteiger partial charge in [0.15, 0.2) is 5.78 Å². The van der Waals surface area contributed by atoms with Crippen LogP contribution >= 0.6 is 0 Å². The van der Waals surface area contributed by atoms with E-state index in [1.165, 1.54) is 0 Å². The zero-order valence-corrected chi connectivity index (χ0v) is 16.5. The third-order valence-electron chi connectivity index (χ3n) is 4.32. The smallest absolute Gasteiger partial charge is 0.212 e. The molecular weight excluding hydrogens is 352 g/mol. The van der Waals surface area contributed by atoms with Gasteiger partial charge in [-0.25, -0.2) is 0 Å². The van der Waals surface area contributed by atoms with Crippen molar-refractivity contribution in [2.24, 2.45) is 0 Å². The molecule has 5 nitrogen and oxygen atoms in total. The van der Waals surface area contributed by atoms with Gasteiger partial charge in [0.25, 0.3) is 0 Å². The van der Waals surface area contributed by atoms with E-state index < -0.39 is 0 Å². The van der Waals surface area contributed by atoms with Gasteiger partial charge in [0.1, 0.15) is 0 Å². The largest absolute Gasteiger partial charge is 0.375 e. The first-order valence-corrected chi connectivity index (χ1v) is 9.00. The Hall–Kier alpha value is -3.47. The highest BCUT2D eigenvalue weighted by atomic mass is 17.2. The van der Waals surface area contributed by atoms with Gasteiger partial charge in [0, 0.05) is 33.8 Å². The number of ketones is 1. The Kier molecular flexibility index (Phi) is 5.84. The molecule has 0 amide bonds. The maximum atomic E-state index is 13.1. The summed E-state index contributed by atoms with van der Waals surface area (Å²) in [5.74, 6) is 0.831. The lowest BCUT2D eigenvalue weighted by Gasteiger charge is -2.21. The van der Waals surface area contributed by atoms with Gasteiger partial charge in [-0.2, -0.15) is 0 Å². The molecule has 0 bridgehead atoms. The summed E-state index contributed by atoms with van der Waals surface area (Å²) in [5, 5.41) is 0. The van der Waals surface area contributed by atoms with Gasteiger partial charge in [-0.05, 0) is 24.3 Å². The van der Waals surface area contributed by atoms with E-state index in [-0.39, 0.29) is 5.78 Å². The maximum Gasteiger partial charge on any atom is 0.212 e. The minimum absolute atomic E-state index is 0.121. The average Bonchev–Trinajstić information content (AvgIpc) is 2.72. The van der Waals surface area contributed by atoms with Crippen molar-refractivity contribution in [3.8, 4) is 11.5 Å². The van der Waals surface area contributed by atoms with E-state index in [4.69, 9.17) is 9.78 Å². The summed E-state index contributed by atoms with van der Waals surface area (Å²) in [6.07, 6.45) is 0. The summed E-state index contributed by atoms with van der Waals surface area (Å²) in [6.45, 7) is 0. The van der Waals surface area contributed by atoms with E-state index in [9.17, 15) is 4.79 Å². The number of nitrogens with zero attached hydrogens (tertiary/aromatic N) is 2. The number of carbonyl (C=O) groups excluding carboxylic acids is 1. The quantitative estimate of drug-likeness (QED) is 0.347. The van der Waals surface area contributed by atoms with E-state index >= 15 is 0 Å². The predicted molar refractivity (Wildman–Crippen MR) is 113 cm³/mol. The summed E-state index contributed by atoms with van der Waals surface area (Å²) >= 11 is 0. The second-order valence-electron chi connectivity index (χ2n) is 6.77. The van der Waals surface area contributed by atoms with Crippen LogP contribution in [0.4, 0.5) is 11.4 Å². The number of benzene rings is 3. The van der Waals surface area contributed by atoms with Crippen LogP contribution in [-0.2, 0) is 0 Å². The highest BCUT2D eigenvalue weighted by molar-refractivity contribution is 6.11. The van der Waals surface area contributed by atoms with Crippen LogP contribution in [0.1, 0.15) is 15.9 Å². The topological polar surface area (TPSA) is 42.0 Å². The second-order valence-corrected chi connectivity index (χ2v) is 6.77. The SMILES string of the molecule is CN(C)c1ccccc1OOc1c(C(=O)c2ccccc2)cccc1N(C)C. The van der Waals surface area contributed by atoms with Crippen molar-refractivity contribution in [2.45, 2.75) is 0 Å². The first-order valence-electron chi connectivity index (χ1n) is 9.00. The molecule has 0 aliphatic rings. The molecule has 0 heterocycles. The molecule has 0 saturated carbocycles. The fourth-order valence-corrected chi connectivity index (χ4v) is 2.87. The van der Waals surface area contributed by atoms with Crippen LogP contribution in [-0.4, -0.2) is 34.0 Å². The molecule has 0 aromatic heterocycles. The average molecular weight is 376 g/mol. The van der Waals surface area contributed by atoms with E-state index in [1.54, 1.807) is 18.2 Å². The number of hydrogen-bond donors (Lipinski definition) is 0. The Labute approximate surface area is 165 Å². The molecule has 0 aliphatic carbocycles. The maximum absolute atomic E-state index is 13.1. The lowest BCUT2D eigenvalue weighted by atomic mass is 10.0. The summed E-state index contributed by atoms with van der Waals surface area (Å²) in [7, 11) is 7.65. The number of hydrogen-bond acceptors (Lipinski definition) is 5. The summed E-state index contributed by atoms with van der Waals surface area (Å²) in [6, 6.07) is 22.2. The molecule has 5 heteroatoms. The highest BCUT2D eigenvalue weighted by Crippen LogP contribution is 2.34. The van der Waals surface area contributed by atoms with Gasteiger partial charge in [-0.3, -0.25) is 14.6 Å². The van der Waals surface area contributed by atoms with E-state index in [0.29, 0.717) is 22.6 Å². The zero-order valence-electron chi connectivity index (χ0n) is 16.5. The first-order chi connectivity index (χ1) is 13.5. The van der Waals surface area contributed by atoms with Crippen molar-refractivity contribution in [2.75, 3.05) is 38.0 Å². The molecule has 28 heavy (non-hydrogen) atoms. The minimum Gasteiger partial charge on any atom is -0.375 e. The fraction of sp³-hybridized carbons (Fsp3) is 0.174. The Morgan fingerprint density at radius 2 is 1.29 bits per heavy atom. The third-order valence-corrected chi connectivity index (χ3v) is 4.32. The number of para-hydroxylation sites is 3. The fourth-order valence-electron chi connectivity index (χ4n) is 2.87. The van der Waals surface area contributed by atoms with Crippen LogP contribution in [0.3, 0.4) is 0 Å². The first kappa shape index (κ1) is 19.3. The van der Waals surface area contributed by atoms with Crippen molar-refractivity contribution in [1.82, 2.24) is 0 Å². The number of anilines is 2. The van der Waals surface area contributed by atoms with Crippen LogP contribution in [0.2, 0.25) is 0 Å². The Morgan fingerprint density at radius 3 is 1.96 bits per heavy atom. The Bertz CT molecular complexity index is 953. The van der Waals surface area contributed by atoms with Gasteiger partial charge in [-0.1, -0.05) is 48.5 Å². The van der Waals surface area contributed by atoms with Crippen LogP contribution in [0.25, 0.3) is 0 Å². The molecule has 3 rings (SSSR count). The summed E-state index contributed by atoms with van der Waals surface area (Å²) in [4.78, 5) is 28.3. The van der Waals surface area contributed by atoms with E-state index in [0.717, 1.165) is 11.4 Å². The lowest BCUT2D eigenvalue weighted by molar-refractivity contribution is -0.0991. The van der Waals surface area contributed by atoms with Gasteiger partial charge in [-0.15, -0.1) is 0 Å². The molecule has 0 fully saturated rings. The predicted octanol–water partition coefficient (Wildman–Crippen LogP) is 4.42. The molecule has 0 atom stereocenters. The minimum atomic E-state index is -0.121. The molecule has 0 aliphatic heterocycles. The number of rotatable bonds is 7. The monoisotopic (exact) mass is 376 g/mol. The van der Waals surface area contributed by atoms with Crippen molar-refractivity contribution in [3.05, 3.63) is 83.9 Å². The Morgan fingerprint density at radius 1 is 0.679 bits per heavy atom. The zero-order chi connectivity index (χ0) is 20.1. The molecular formula is C23H24N2O3. The Balaban J connectivity index is 1.99. The van der Waals surface area contributed by atoms with Gasteiger partial charge in [0.2, 0.25) is 11.5 Å². The van der Waals surface area contributed by atoms with Crippen molar-refractivity contribution >= 4 is 17.2 Å². The molecule has 0 N–H and O–H groups in total. The summed E-state index contributed by atoms with van der Waals surface area (Å²) in [5.41, 5.74) is 2.67. The molecule has 0 radical (unpaired) electrons. The van der Waals surface area contributed by atoms with Crippen LogP contribution in [0, 0.1) is 0 Å². The van der Waals surface area contributed by atoms with E-state index in [2.05, 4.69) is 0 Å². The summed E-state index contributed by atoms with van der Waals surface area (Å²) < 4.78 is 0. The van der Waals surface area contributed by atoms with Crippen LogP contribution in [0.15, 0.2) is 72.8 Å². The second kappa shape index (κ2) is 8.48. The lowest BCUT2D eigenvalue weighted by Crippen LogP contribution is -2.16. The van der Waals surface area contributed by atoms with Crippen molar-refractivity contribution < 1.29 is 14.6 Å². The van der Waals surface area contributed by atoms with E-state index in [1.807, 2.05) is 92.6 Å². The molecule has 144 valence electrons. The molecule has 3 aromatic carbocycles. The third kappa shape index (κ3) is 4.09. The molecule has 0 spiro atoms. The highest BCUT2D eigenvalue weighted by Gasteiger charge is 2.21. The van der Waals surface area contributed by atoms with Gasteiger partial charge < -0.3 is 9.80 Å².